The Morgan fingerprint density at radius 1 is 0.963 bits per heavy atom. The van der Waals surface area contributed by atoms with Crippen molar-refractivity contribution in [2.45, 2.75) is 6.10 Å². The van der Waals surface area contributed by atoms with Gasteiger partial charge in [-0.3, -0.25) is 4.79 Å². The number of amides is 1. The second kappa shape index (κ2) is 8.31. The minimum atomic E-state index is -1.13. The minimum Gasteiger partial charge on any atom is -0.497 e. The molecule has 0 saturated heterocycles. The first-order valence-corrected chi connectivity index (χ1v) is 8.18. The Morgan fingerprint density at radius 3 is 2.44 bits per heavy atom. The molecule has 0 radical (unpaired) electrons. The van der Waals surface area contributed by atoms with E-state index in [-0.39, 0.29) is 5.75 Å². The van der Waals surface area contributed by atoms with E-state index >= 15 is 0 Å². The summed E-state index contributed by atoms with van der Waals surface area (Å²) in [5, 5.41) is 2.73. The van der Waals surface area contributed by atoms with Crippen molar-refractivity contribution >= 4 is 11.6 Å². The first-order valence-electron chi connectivity index (χ1n) is 8.18. The summed E-state index contributed by atoms with van der Waals surface area (Å²) in [5.41, 5.74) is 1.03. The number of anilines is 1. The van der Waals surface area contributed by atoms with Crippen LogP contribution in [0.25, 0.3) is 0 Å². The summed E-state index contributed by atoms with van der Waals surface area (Å²) in [5.74, 6) is -1.75. The van der Waals surface area contributed by atoms with Gasteiger partial charge < -0.3 is 14.8 Å². The maximum atomic E-state index is 14.0. The molecule has 0 heterocycles. The van der Waals surface area contributed by atoms with Gasteiger partial charge in [-0.05, 0) is 24.3 Å². The summed E-state index contributed by atoms with van der Waals surface area (Å²) >= 11 is 0. The van der Waals surface area contributed by atoms with Gasteiger partial charge in [0.15, 0.2) is 11.6 Å². The Balaban J connectivity index is 1.88. The van der Waals surface area contributed by atoms with Gasteiger partial charge >= 0.3 is 0 Å². The fourth-order valence-corrected chi connectivity index (χ4v) is 2.51. The quantitative estimate of drug-likeness (QED) is 0.683. The van der Waals surface area contributed by atoms with Crippen molar-refractivity contribution in [3.63, 3.8) is 0 Å². The molecule has 0 spiro atoms. The molecule has 0 aliphatic heterocycles. The number of carbonyl (C=O) groups is 1. The van der Waals surface area contributed by atoms with Crippen molar-refractivity contribution in [1.82, 2.24) is 0 Å². The highest BCUT2D eigenvalue weighted by molar-refractivity contribution is 5.95. The summed E-state index contributed by atoms with van der Waals surface area (Å²) in [6.07, 6.45) is -1.13. The lowest BCUT2D eigenvalue weighted by molar-refractivity contribution is -0.123. The third-order valence-corrected chi connectivity index (χ3v) is 3.82. The number of nitrogens with one attached hydrogen (secondary N) is 1. The molecule has 4 nitrogen and oxygen atoms in total. The number of halogens is 2. The fraction of sp³-hybridized carbons (Fsp3) is 0.0952. The van der Waals surface area contributed by atoms with Crippen LogP contribution in [0.15, 0.2) is 72.8 Å². The summed E-state index contributed by atoms with van der Waals surface area (Å²) in [7, 11) is 1.52. The molecule has 138 valence electrons. The third kappa shape index (κ3) is 4.61. The van der Waals surface area contributed by atoms with Gasteiger partial charge in [-0.2, -0.15) is 0 Å². The van der Waals surface area contributed by atoms with Gasteiger partial charge in [0.25, 0.3) is 5.91 Å². The predicted molar refractivity (Wildman–Crippen MR) is 97.8 cm³/mol. The molecule has 3 aromatic rings. The van der Waals surface area contributed by atoms with E-state index in [1.54, 1.807) is 54.6 Å². The van der Waals surface area contributed by atoms with Crippen LogP contribution < -0.4 is 14.8 Å². The van der Waals surface area contributed by atoms with E-state index in [4.69, 9.17) is 9.47 Å². The highest BCUT2D eigenvalue weighted by Gasteiger charge is 2.24. The average molecular weight is 369 g/mol. The lowest BCUT2D eigenvalue weighted by Gasteiger charge is -2.19. The molecule has 3 rings (SSSR count). The summed E-state index contributed by atoms with van der Waals surface area (Å²) in [6.45, 7) is 0. The second-order valence-electron chi connectivity index (χ2n) is 5.70. The molecule has 1 amide bonds. The van der Waals surface area contributed by atoms with E-state index in [1.165, 1.54) is 7.11 Å². The summed E-state index contributed by atoms with van der Waals surface area (Å²) in [6, 6.07) is 18.4. The van der Waals surface area contributed by atoms with Crippen LogP contribution in [0.3, 0.4) is 0 Å². The summed E-state index contributed by atoms with van der Waals surface area (Å²) in [4.78, 5) is 12.8. The van der Waals surface area contributed by atoms with Crippen LogP contribution in [0.1, 0.15) is 11.7 Å². The lowest BCUT2D eigenvalue weighted by atomic mass is 10.1. The second-order valence-corrected chi connectivity index (χ2v) is 5.70. The predicted octanol–water partition coefficient (Wildman–Crippen LogP) is 4.73. The highest BCUT2D eigenvalue weighted by Crippen LogP contribution is 2.27. The van der Waals surface area contributed by atoms with Crippen molar-refractivity contribution in [2.24, 2.45) is 0 Å². The number of methoxy groups -OCH3 is 1. The Kier molecular flexibility index (Phi) is 5.66. The molecular weight excluding hydrogens is 352 g/mol. The molecule has 3 aromatic carbocycles. The highest BCUT2D eigenvalue weighted by atomic mass is 19.1. The zero-order valence-corrected chi connectivity index (χ0v) is 14.5. The van der Waals surface area contributed by atoms with E-state index in [2.05, 4.69) is 5.32 Å². The van der Waals surface area contributed by atoms with Crippen LogP contribution in [-0.4, -0.2) is 13.0 Å². The molecule has 0 saturated carbocycles. The molecule has 0 aromatic heterocycles. The van der Waals surface area contributed by atoms with Crippen LogP contribution in [0.4, 0.5) is 14.5 Å². The van der Waals surface area contributed by atoms with Gasteiger partial charge in [0.2, 0.25) is 6.10 Å². The SMILES string of the molecule is COc1cccc(NC(=O)C(Oc2ccc(F)cc2F)c2ccccc2)c1. The number of carbonyl (C=O) groups excluding carboxylic acids is 1. The molecule has 6 heteroatoms. The van der Waals surface area contributed by atoms with Crippen molar-refractivity contribution in [1.29, 1.82) is 0 Å². The third-order valence-electron chi connectivity index (χ3n) is 3.82. The van der Waals surface area contributed by atoms with Crippen LogP contribution >= 0.6 is 0 Å². The van der Waals surface area contributed by atoms with Gasteiger partial charge in [-0.1, -0.05) is 36.4 Å². The molecule has 0 aliphatic rings. The van der Waals surface area contributed by atoms with Gasteiger partial charge in [-0.25, -0.2) is 8.78 Å². The first kappa shape index (κ1) is 18.4. The molecule has 1 unspecified atom stereocenters. The number of rotatable bonds is 6. The monoisotopic (exact) mass is 369 g/mol. The van der Waals surface area contributed by atoms with Gasteiger partial charge in [0.05, 0.1) is 7.11 Å². The van der Waals surface area contributed by atoms with Crippen LogP contribution in [0, 0.1) is 11.6 Å². The van der Waals surface area contributed by atoms with Crippen molar-refractivity contribution in [2.75, 3.05) is 12.4 Å². The van der Waals surface area contributed by atoms with Gasteiger partial charge in [0.1, 0.15) is 11.6 Å². The minimum absolute atomic E-state index is 0.217. The Bertz CT molecular complexity index is 932. The maximum absolute atomic E-state index is 14.0. The van der Waals surface area contributed by atoms with Crippen LogP contribution in [-0.2, 0) is 4.79 Å². The number of ether oxygens (including phenoxy) is 2. The summed E-state index contributed by atoms with van der Waals surface area (Å²) < 4.78 is 37.9. The average Bonchev–Trinajstić information content (AvgIpc) is 2.68. The molecule has 0 aliphatic carbocycles. The Labute approximate surface area is 155 Å². The smallest absolute Gasteiger partial charge is 0.270 e. The topological polar surface area (TPSA) is 47.6 Å². The number of hydrogen-bond donors (Lipinski definition) is 1. The lowest BCUT2D eigenvalue weighted by Crippen LogP contribution is -2.26. The number of hydrogen-bond acceptors (Lipinski definition) is 3. The van der Waals surface area contributed by atoms with Gasteiger partial charge in [0, 0.05) is 23.4 Å². The van der Waals surface area contributed by atoms with Crippen molar-refractivity contribution in [3.05, 3.63) is 90.0 Å². The van der Waals surface area contributed by atoms with E-state index in [0.717, 1.165) is 12.1 Å². The molecule has 1 atom stereocenters. The molecule has 0 fully saturated rings. The van der Waals surface area contributed by atoms with E-state index in [1.807, 2.05) is 0 Å². The standard InChI is InChI=1S/C21H17F2NO3/c1-26-17-9-5-8-16(13-17)24-21(25)20(14-6-3-2-4-7-14)27-19-11-10-15(22)12-18(19)23/h2-13,20H,1H3,(H,24,25). The van der Waals surface area contributed by atoms with Crippen molar-refractivity contribution in [3.8, 4) is 11.5 Å². The largest absolute Gasteiger partial charge is 0.497 e. The van der Waals surface area contributed by atoms with Crippen LogP contribution in [0.2, 0.25) is 0 Å². The zero-order valence-electron chi connectivity index (χ0n) is 14.5. The molecule has 0 bridgehead atoms. The van der Waals surface area contributed by atoms with Crippen molar-refractivity contribution < 1.29 is 23.0 Å². The van der Waals surface area contributed by atoms with E-state index in [0.29, 0.717) is 23.1 Å². The first-order chi connectivity index (χ1) is 13.1. The Morgan fingerprint density at radius 2 is 1.74 bits per heavy atom. The molecule has 27 heavy (non-hydrogen) atoms. The van der Waals surface area contributed by atoms with Gasteiger partial charge in [-0.15, -0.1) is 0 Å². The molecular formula is C21H17F2NO3. The maximum Gasteiger partial charge on any atom is 0.270 e. The fourth-order valence-electron chi connectivity index (χ4n) is 2.51. The normalized spacial score (nSPS) is 11.5. The number of benzene rings is 3. The Hall–Kier alpha value is -3.41. The molecule has 1 N–H and O–H groups in total. The van der Waals surface area contributed by atoms with Crippen LogP contribution in [0.5, 0.6) is 11.5 Å². The zero-order chi connectivity index (χ0) is 19.2. The van der Waals surface area contributed by atoms with E-state index in [9.17, 15) is 13.6 Å². The van der Waals surface area contributed by atoms with E-state index < -0.39 is 23.6 Å².